The highest BCUT2D eigenvalue weighted by Gasteiger charge is 2.30. The van der Waals surface area contributed by atoms with Crippen LogP contribution >= 0.6 is 11.3 Å². The molecule has 0 saturated carbocycles. The third-order valence-corrected chi connectivity index (χ3v) is 4.49. The largest absolute Gasteiger partial charge is 0.342 e. The molecule has 1 aliphatic heterocycles. The van der Waals surface area contributed by atoms with E-state index < -0.39 is 0 Å². The number of rotatable bonds is 4. The van der Waals surface area contributed by atoms with Gasteiger partial charge in [0.2, 0.25) is 11.8 Å². The van der Waals surface area contributed by atoms with Gasteiger partial charge < -0.3 is 10.2 Å². The molecule has 1 aromatic heterocycles. The Hall–Kier alpha value is -1.43. The molecule has 1 saturated heterocycles. The highest BCUT2D eigenvalue weighted by atomic mass is 32.1. The van der Waals surface area contributed by atoms with Crippen molar-refractivity contribution in [2.24, 2.45) is 11.8 Å². The van der Waals surface area contributed by atoms with Gasteiger partial charge in [0, 0.05) is 30.6 Å². The Labute approximate surface area is 123 Å². The third kappa shape index (κ3) is 3.56. The number of aromatic nitrogens is 1. The lowest BCUT2D eigenvalue weighted by Crippen LogP contribution is -2.45. The molecule has 5 nitrogen and oxygen atoms in total. The summed E-state index contributed by atoms with van der Waals surface area (Å²) in [4.78, 5) is 30.3. The molecule has 2 rings (SSSR count). The van der Waals surface area contributed by atoms with Crippen molar-refractivity contribution in [3.63, 3.8) is 0 Å². The number of nitrogens with zero attached hydrogens (tertiary/aromatic N) is 2. The van der Waals surface area contributed by atoms with Crippen LogP contribution in [0.25, 0.3) is 0 Å². The van der Waals surface area contributed by atoms with Crippen LogP contribution in [0.2, 0.25) is 0 Å². The molecule has 1 N–H and O–H groups in total. The van der Waals surface area contributed by atoms with E-state index in [4.69, 9.17) is 0 Å². The molecule has 2 atom stereocenters. The quantitative estimate of drug-likeness (QED) is 0.927. The van der Waals surface area contributed by atoms with Gasteiger partial charge in [-0.2, -0.15) is 0 Å². The number of hydrogen-bond donors (Lipinski definition) is 1. The summed E-state index contributed by atoms with van der Waals surface area (Å²) in [6, 6.07) is 0. The van der Waals surface area contributed by atoms with Gasteiger partial charge >= 0.3 is 0 Å². The van der Waals surface area contributed by atoms with Crippen LogP contribution in [0.15, 0.2) is 11.6 Å². The molecule has 110 valence electrons. The predicted molar refractivity (Wildman–Crippen MR) is 79.5 cm³/mol. The van der Waals surface area contributed by atoms with Crippen molar-refractivity contribution in [3.05, 3.63) is 11.6 Å². The average molecular weight is 295 g/mol. The standard InChI is InChI=1S/C14H21N3O2S/c1-3-10(2)13(19)17-7-4-5-11(9-17)12(18)16-14-15-6-8-20-14/h6,8,10-11H,3-5,7,9H2,1-2H3,(H,15,16,18)/t10-,11-/m1/s1. The fourth-order valence-electron chi connectivity index (χ4n) is 2.37. The molecular weight excluding hydrogens is 274 g/mol. The van der Waals surface area contributed by atoms with Crippen LogP contribution in [0.5, 0.6) is 0 Å². The molecule has 20 heavy (non-hydrogen) atoms. The maximum atomic E-state index is 12.2. The molecule has 0 spiro atoms. The molecule has 1 aliphatic rings. The van der Waals surface area contributed by atoms with Gasteiger partial charge in [-0.05, 0) is 19.3 Å². The summed E-state index contributed by atoms with van der Waals surface area (Å²) < 4.78 is 0. The van der Waals surface area contributed by atoms with Gasteiger partial charge in [0.05, 0.1) is 5.92 Å². The smallest absolute Gasteiger partial charge is 0.231 e. The molecule has 2 heterocycles. The van der Waals surface area contributed by atoms with Crippen molar-refractivity contribution < 1.29 is 9.59 Å². The van der Waals surface area contributed by atoms with Gasteiger partial charge in [0.1, 0.15) is 0 Å². The number of nitrogens with one attached hydrogen (secondary N) is 1. The van der Waals surface area contributed by atoms with Crippen LogP contribution in [0.1, 0.15) is 33.1 Å². The van der Waals surface area contributed by atoms with E-state index in [0.717, 1.165) is 25.8 Å². The first-order chi connectivity index (χ1) is 9.61. The van der Waals surface area contributed by atoms with Crippen LogP contribution in [0.4, 0.5) is 5.13 Å². The van der Waals surface area contributed by atoms with Gasteiger partial charge in [-0.25, -0.2) is 4.98 Å². The molecular formula is C14H21N3O2S. The first-order valence-corrected chi connectivity index (χ1v) is 7.99. The number of anilines is 1. The number of thiazole rings is 1. The second kappa shape index (κ2) is 6.83. The summed E-state index contributed by atoms with van der Waals surface area (Å²) in [5, 5.41) is 5.28. The van der Waals surface area contributed by atoms with Crippen LogP contribution in [0, 0.1) is 11.8 Å². The number of likely N-dealkylation sites (tertiary alicyclic amines) is 1. The molecule has 0 aromatic carbocycles. The Morgan fingerprint density at radius 2 is 2.40 bits per heavy atom. The monoisotopic (exact) mass is 295 g/mol. The van der Waals surface area contributed by atoms with Crippen molar-refractivity contribution in [3.8, 4) is 0 Å². The highest BCUT2D eigenvalue weighted by Crippen LogP contribution is 2.21. The van der Waals surface area contributed by atoms with Crippen LogP contribution in [0.3, 0.4) is 0 Å². The Balaban J connectivity index is 1.93. The normalized spacial score (nSPS) is 20.5. The van der Waals surface area contributed by atoms with Gasteiger partial charge in [-0.15, -0.1) is 11.3 Å². The second-order valence-corrected chi connectivity index (χ2v) is 6.15. The van der Waals surface area contributed by atoms with Gasteiger partial charge in [-0.3, -0.25) is 9.59 Å². The predicted octanol–water partition coefficient (Wildman–Crippen LogP) is 2.37. The van der Waals surface area contributed by atoms with E-state index in [9.17, 15) is 9.59 Å². The lowest BCUT2D eigenvalue weighted by Gasteiger charge is -2.33. The molecule has 0 bridgehead atoms. The van der Waals surface area contributed by atoms with E-state index in [2.05, 4.69) is 10.3 Å². The minimum absolute atomic E-state index is 0.0263. The summed E-state index contributed by atoms with van der Waals surface area (Å²) in [6.45, 7) is 5.26. The van der Waals surface area contributed by atoms with Gasteiger partial charge in [0.15, 0.2) is 5.13 Å². The zero-order valence-electron chi connectivity index (χ0n) is 12.0. The fraction of sp³-hybridized carbons (Fsp3) is 0.643. The van der Waals surface area contributed by atoms with Crippen LogP contribution in [-0.2, 0) is 9.59 Å². The van der Waals surface area contributed by atoms with E-state index in [1.807, 2.05) is 24.1 Å². The van der Waals surface area contributed by atoms with Crippen LogP contribution in [-0.4, -0.2) is 34.8 Å². The lowest BCUT2D eigenvalue weighted by molar-refractivity contribution is -0.138. The van der Waals surface area contributed by atoms with Crippen molar-refractivity contribution >= 4 is 28.3 Å². The van der Waals surface area contributed by atoms with Crippen molar-refractivity contribution in [2.45, 2.75) is 33.1 Å². The average Bonchev–Trinajstić information content (AvgIpc) is 2.98. The second-order valence-electron chi connectivity index (χ2n) is 5.26. The third-order valence-electron chi connectivity index (χ3n) is 3.80. The lowest BCUT2D eigenvalue weighted by atomic mass is 9.95. The van der Waals surface area contributed by atoms with Gasteiger partial charge in [-0.1, -0.05) is 13.8 Å². The van der Waals surface area contributed by atoms with Gasteiger partial charge in [0.25, 0.3) is 0 Å². The zero-order valence-corrected chi connectivity index (χ0v) is 12.8. The van der Waals surface area contributed by atoms with E-state index in [1.54, 1.807) is 6.20 Å². The minimum Gasteiger partial charge on any atom is -0.342 e. The first kappa shape index (κ1) is 15.0. The Morgan fingerprint density at radius 3 is 3.05 bits per heavy atom. The molecule has 6 heteroatoms. The number of hydrogen-bond acceptors (Lipinski definition) is 4. The van der Waals surface area contributed by atoms with E-state index >= 15 is 0 Å². The summed E-state index contributed by atoms with van der Waals surface area (Å²) in [5.74, 6) is 0.0530. The Kier molecular flexibility index (Phi) is 5.11. The summed E-state index contributed by atoms with van der Waals surface area (Å²) in [6.07, 6.45) is 4.23. The first-order valence-electron chi connectivity index (χ1n) is 7.11. The van der Waals surface area contributed by atoms with Crippen LogP contribution < -0.4 is 5.32 Å². The molecule has 0 aliphatic carbocycles. The zero-order chi connectivity index (χ0) is 14.5. The van der Waals surface area contributed by atoms with Crippen molar-refractivity contribution in [1.82, 2.24) is 9.88 Å². The summed E-state index contributed by atoms with van der Waals surface area (Å²) >= 11 is 1.41. The number of amides is 2. The number of carbonyl (C=O) groups excluding carboxylic acids is 2. The molecule has 1 aromatic rings. The SMILES string of the molecule is CC[C@@H](C)C(=O)N1CCC[C@@H](C(=O)Nc2nccs2)C1. The minimum atomic E-state index is -0.124. The van der Waals surface area contributed by atoms with E-state index in [1.165, 1.54) is 11.3 Å². The van der Waals surface area contributed by atoms with Crippen molar-refractivity contribution in [2.75, 3.05) is 18.4 Å². The van der Waals surface area contributed by atoms with E-state index in [0.29, 0.717) is 11.7 Å². The summed E-state index contributed by atoms with van der Waals surface area (Å²) in [7, 11) is 0. The highest BCUT2D eigenvalue weighted by molar-refractivity contribution is 7.13. The molecule has 0 radical (unpaired) electrons. The summed E-state index contributed by atoms with van der Waals surface area (Å²) in [5.41, 5.74) is 0. The number of piperidine rings is 1. The Bertz CT molecular complexity index is 461. The molecule has 0 unspecified atom stereocenters. The number of carbonyl (C=O) groups is 2. The van der Waals surface area contributed by atoms with E-state index in [-0.39, 0.29) is 23.7 Å². The maximum Gasteiger partial charge on any atom is 0.231 e. The van der Waals surface area contributed by atoms with Crippen molar-refractivity contribution in [1.29, 1.82) is 0 Å². The maximum absolute atomic E-state index is 12.2. The fourth-order valence-corrected chi connectivity index (χ4v) is 2.90. The molecule has 2 amide bonds. The Morgan fingerprint density at radius 1 is 1.60 bits per heavy atom. The molecule has 1 fully saturated rings. The topological polar surface area (TPSA) is 62.3 Å².